The zero-order valence-electron chi connectivity index (χ0n) is 10.4. The van der Waals surface area contributed by atoms with Gasteiger partial charge in [0.05, 0.1) is 0 Å². The van der Waals surface area contributed by atoms with Crippen LogP contribution in [0.3, 0.4) is 0 Å². The van der Waals surface area contributed by atoms with Crippen molar-refractivity contribution in [3.8, 4) is 0 Å². The lowest BCUT2D eigenvalue weighted by atomic mass is 9.87. The first kappa shape index (κ1) is 13.5. The van der Waals surface area contributed by atoms with Crippen LogP contribution in [-0.2, 0) is 4.79 Å². The van der Waals surface area contributed by atoms with Gasteiger partial charge in [-0.25, -0.2) is 0 Å². The fourth-order valence-corrected chi connectivity index (χ4v) is 2.79. The smallest absolute Gasteiger partial charge is 0.324 e. The molecule has 0 aromatic rings. The summed E-state index contributed by atoms with van der Waals surface area (Å²) in [5, 5.41) is 9.55. The maximum atomic E-state index is 11.6. The fourth-order valence-electron chi connectivity index (χ4n) is 2.79. The first-order chi connectivity index (χ1) is 7.56. The topological polar surface area (TPSA) is 66.6 Å². The molecule has 16 heavy (non-hydrogen) atoms. The van der Waals surface area contributed by atoms with Crippen LogP contribution in [0.25, 0.3) is 0 Å². The molecule has 0 saturated carbocycles. The van der Waals surface area contributed by atoms with Gasteiger partial charge in [-0.3, -0.25) is 9.69 Å². The Labute approximate surface area is 97.8 Å². The number of aliphatic carboxylic acids is 1. The molecule has 3 N–H and O–H groups in total. The molecular formula is C12H24N2O2. The van der Waals surface area contributed by atoms with Crippen LogP contribution in [-0.4, -0.2) is 40.6 Å². The van der Waals surface area contributed by atoms with Crippen molar-refractivity contribution in [3.05, 3.63) is 0 Å². The van der Waals surface area contributed by atoms with E-state index in [1.54, 1.807) is 0 Å². The lowest BCUT2D eigenvalue weighted by Gasteiger charge is -2.38. The minimum Gasteiger partial charge on any atom is -0.480 e. The van der Waals surface area contributed by atoms with Gasteiger partial charge < -0.3 is 10.8 Å². The first-order valence-electron chi connectivity index (χ1n) is 6.30. The molecular weight excluding hydrogens is 204 g/mol. The zero-order valence-corrected chi connectivity index (χ0v) is 10.4. The summed E-state index contributed by atoms with van der Waals surface area (Å²) in [5.41, 5.74) is 5.21. The minimum atomic E-state index is -0.676. The van der Waals surface area contributed by atoms with E-state index in [1.807, 2.05) is 13.8 Å². The fraction of sp³-hybridized carbons (Fsp3) is 0.917. The Balaban J connectivity index is 2.86. The van der Waals surface area contributed by atoms with Crippen LogP contribution in [0.2, 0.25) is 0 Å². The van der Waals surface area contributed by atoms with Gasteiger partial charge in [0, 0.05) is 19.1 Å². The Morgan fingerprint density at radius 3 is 2.31 bits per heavy atom. The van der Waals surface area contributed by atoms with Crippen molar-refractivity contribution < 1.29 is 9.90 Å². The summed E-state index contributed by atoms with van der Waals surface area (Å²) in [7, 11) is 0. The Morgan fingerprint density at radius 1 is 1.44 bits per heavy atom. The highest BCUT2D eigenvalue weighted by Crippen LogP contribution is 2.30. The average molecular weight is 228 g/mol. The lowest BCUT2D eigenvalue weighted by molar-refractivity contribution is -0.152. The van der Waals surface area contributed by atoms with Crippen molar-refractivity contribution in [1.82, 2.24) is 4.90 Å². The SMILES string of the molecule is CCCC(CCC)(C(=O)O)N1CCC(N)C1. The van der Waals surface area contributed by atoms with E-state index in [0.717, 1.165) is 45.2 Å². The third-order valence-corrected chi connectivity index (χ3v) is 3.56. The largest absolute Gasteiger partial charge is 0.480 e. The van der Waals surface area contributed by atoms with Crippen molar-refractivity contribution in [1.29, 1.82) is 0 Å². The van der Waals surface area contributed by atoms with Gasteiger partial charge in [-0.15, -0.1) is 0 Å². The van der Waals surface area contributed by atoms with Crippen molar-refractivity contribution in [3.63, 3.8) is 0 Å². The molecule has 0 spiro atoms. The highest BCUT2D eigenvalue weighted by molar-refractivity contribution is 5.78. The highest BCUT2D eigenvalue weighted by Gasteiger charge is 2.44. The summed E-state index contributed by atoms with van der Waals surface area (Å²) in [6.07, 6.45) is 4.17. The number of hydrogen-bond donors (Lipinski definition) is 2. The predicted octanol–water partition coefficient (Wildman–Crippen LogP) is 1.44. The van der Waals surface area contributed by atoms with Gasteiger partial charge in [-0.1, -0.05) is 26.7 Å². The second-order valence-electron chi connectivity index (χ2n) is 4.83. The Hall–Kier alpha value is -0.610. The lowest BCUT2D eigenvalue weighted by Crippen LogP contribution is -2.54. The van der Waals surface area contributed by atoms with Crippen LogP contribution >= 0.6 is 0 Å². The quantitative estimate of drug-likeness (QED) is 0.722. The molecule has 4 nitrogen and oxygen atoms in total. The number of nitrogens with two attached hydrogens (primary N) is 1. The normalized spacial score (nSPS) is 22.6. The number of rotatable bonds is 6. The van der Waals surface area contributed by atoms with Gasteiger partial charge in [-0.05, 0) is 19.3 Å². The molecule has 1 unspecified atom stereocenters. The van der Waals surface area contributed by atoms with E-state index in [4.69, 9.17) is 5.73 Å². The highest BCUT2D eigenvalue weighted by atomic mass is 16.4. The summed E-state index contributed by atoms with van der Waals surface area (Å²) >= 11 is 0. The van der Waals surface area contributed by atoms with E-state index in [0.29, 0.717) is 0 Å². The number of likely N-dealkylation sites (tertiary alicyclic amines) is 1. The predicted molar refractivity (Wildman–Crippen MR) is 64.3 cm³/mol. The standard InChI is InChI=1S/C12H24N2O2/c1-3-6-12(7-4-2,11(15)16)14-8-5-10(13)9-14/h10H,3-9,13H2,1-2H3,(H,15,16). The molecule has 1 heterocycles. The summed E-state index contributed by atoms with van der Waals surface area (Å²) in [6.45, 7) is 5.65. The molecule has 1 atom stereocenters. The molecule has 0 radical (unpaired) electrons. The monoisotopic (exact) mass is 228 g/mol. The van der Waals surface area contributed by atoms with Crippen LogP contribution in [0.15, 0.2) is 0 Å². The third kappa shape index (κ3) is 2.55. The van der Waals surface area contributed by atoms with E-state index in [1.165, 1.54) is 0 Å². The second-order valence-corrected chi connectivity index (χ2v) is 4.83. The molecule has 0 aromatic heterocycles. The number of carboxylic acids is 1. The van der Waals surface area contributed by atoms with E-state index < -0.39 is 11.5 Å². The summed E-state index contributed by atoms with van der Waals surface area (Å²) in [6, 6.07) is 0.146. The van der Waals surface area contributed by atoms with E-state index in [9.17, 15) is 9.90 Å². The van der Waals surface area contributed by atoms with Gasteiger partial charge in [0.25, 0.3) is 0 Å². The van der Waals surface area contributed by atoms with Crippen molar-refractivity contribution in [2.75, 3.05) is 13.1 Å². The molecule has 0 bridgehead atoms. The minimum absolute atomic E-state index is 0.146. The first-order valence-corrected chi connectivity index (χ1v) is 6.30. The summed E-state index contributed by atoms with van der Waals surface area (Å²) in [4.78, 5) is 13.7. The second kappa shape index (κ2) is 5.64. The third-order valence-electron chi connectivity index (χ3n) is 3.56. The van der Waals surface area contributed by atoms with Crippen LogP contribution in [0.1, 0.15) is 46.0 Å². The van der Waals surface area contributed by atoms with Crippen molar-refractivity contribution in [2.24, 2.45) is 5.73 Å². The van der Waals surface area contributed by atoms with E-state index >= 15 is 0 Å². The molecule has 0 aliphatic carbocycles. The molecule has 4 heteroatoms. The molecule has 1 aliphatic rings. The van der Waals surface area contributed by atoms with Crippen molar-refractivity contribution >= 4 is 5.97 Å². The molecule has 1 fully saturated rings. The van der Waals surface area contributed by atoms with Gasteiger partial charge in [0.1, 0.15) is 5.54 Å². The Morgan fingerprint density at radius 2 is 2.00 bits per heavy atom. The maximum absolute atomic E-state index is 11.6. The van der Waals surface area contributed by atoms with E-state index in [2.05, 4.69) is 4.90 Å². The Kier molecular flexibility index (Phi) is 4.74. The zero-order chi connectivity index (χ0) is 12.2. The molecule has 94 valence electrons. The number of hydrogen-bond acceptors (Lipinski definition) is 3. The molecule has 0 amide bonds. The van der Waals surface area contributed by atoms with Crippen LogP contribution in [0.5, 0.6) is 0 Å². The number of carbonyl (C=O) groups is 1. The summed E-state index contributed by atoms with van der Waals surface area (Å²) < 4.78 is 0. The van der Waals surface area contributed by atoms with Gasteiger partial charge >= 0.3 is 5.97 Å². The van der Waals surface area contributed by atoms with E-state index in [-0.39, 0.29) is 6.04 Å². The molecule has 0 aromatic carbocycles. The van der Waals surface area contributed by atoms with Crippen molar-refractivity contribution in [2.45, 2.75) is 57.5 Å². The molecule has 1 rings (SSSR count). The average Bonchev–Trinajstić information content (AvgIpc) is 2.64. The number of carboxylic acid groups (broad SMARTS) is 1. The molecule has 1 aliphatic heterocycles. The van der Waals surface area contributed by atoms with Gasteiger partial charge in [0.2, 0.25) is 0 Å². The molecule has 1 saturated heterocycles. The van der Waals surface area contributed by atoms with Crippen LogP contribution in [0.4, 0.5) is 0 Å². The summed E-state index contributed by atoms with van der Waals surface area (Å²) in [5.74, 6) is -0.676. The van der Waals surface area contributed by atoms with Crippen LogP contribution < -0.4 is 5.73 Å². The Bertz CT molecular complexity index is 237. The maximum Gasteiger partial charge on any atom is 0.324 e. The number of nitrogens with zero attached hydrogens (tertiary/aromatic N) is 1. The van der Waals surface area contributed by atoms with Gasteiger partial charge in [0.15, 0.2) is 0 Å². The van der Waals surface area contributed by atoms with Gasteiger partial charge in [-0.2, -0.15) is 0 Å². The van der Waals surface area contributed by atoms with Crippen LogP contribution in [0, 0.1) is 0 Å².